The molecule has 3 amide bonds. The Hall–Kier alpha value is -3.03. The molecule has 7 nitrogen and oxygen atoms in total. The molecule has 0 unspecified atom stereocenters. The number of benzene rings is 2. The van der Waals surface area contributed by atoms with E-state index in [4.69, 9.17) is 0 Å². The summed E-state index contributed by atoms with van der Waals surface area (Å²) >= 11 is 0. The summed E-state index contributed by atoms with van der Waals surface area (Å²) in [6, 6.07) is 14.8. The predicted molar refractivity (Wildman–Crippen MR) is 113 cm³/mol. The van der Waals surface area contributed by atoms with Crippen molar-refractivity contribution in [3.8, 4) is 0 Å². The van der Waals surface area contributed by atoms with Crippen LogP contribution < -0.4 is 10.6 Å². The first kappa shape index (κ1) is 19.9. The van der Waals surface area contributed by atoms with Crippen LogP contribution in [0.5, 0.6) is 0 Å². The molecule has 4 N–H and O–H groups in total. The van der Waals surface area contributed by atoms with Crippen LogP contribution in [0.3, 0.4) is 0 Å². The minimum absolute atomic E-state index is 0.263. The van der Waals surface area contributed by atoms with Gasteiger partial charge in [0, 0.05) is 12.1 Å². The summed E-state index contributed by atoms with van der Waals surface area (Å²) in [7, 11) is 0. The molecule has 5 rings (SSSR count). The molecule has 3 heterocycles. The van der Waals surface area contributed by atoms with Gasteiger partial charge in [0.15, 0.2) is 0 Å². The van der Waals surface area contributed by atoms with Crippen molar-refractivity contribution in [1.82, 2.24) is 4.90 Å². The first-order valence-electron chi connectivity index (χ1n) is 10.7. The molecule has 7 heteroatoms. The normalized spacial score (nSPS) is 30.0. The Labute approximate surface area is 180 Å². The van der Waals surface area contributed by atoms with Gasteiger partial charge in [-0.05, 0) is 38.0 Å². The maximum Gasteiger partial charge on any atom is 0.291 e. The molecule has 0 aromatic heterocycles. The van der Waals surface area contributed by atoms with Gasteiger partial charge in [-0.15, -0.1) is 0 Å². The van der Waals surface area contributed by atoms with Gasteiger partial charge >= 0.3 is 0 Å². The Morgan fingerprint density at radius 3 is 2.58 bits per heavy atom. The monoisotopic (exact) mass is 420 g/mol. The minimum atomic E-state index is -1.23. The number of aliphatic hydroxyl groups excluding tert-OH is 1. The van der Waals surface area contributed by atoms with Gasteiger partial charge in [0.05, 0.1) is 5.69 Å². The molecule has 0 saturated carbocycles. The van der Waals surface area contributed by atoms with Crippen LogP contribution in [0.25, 0.3) is 0 Å². The largest absolute Gasteiger partial charge is 0.387 e. The topological polar surface area (TPSA) is 103 Å². The lowest BCUT2D eigenvalue weighted by atomic mass is 9.76. The zero-order chi connectivity index (χ0) is 21.9. The molecule has 31 heavy (non-hydrogen) atoms. The summed E-state index contributed by atoms with van der Waals surface area (Å²) in [5.74, 6) is -2.48. The first-order valence-corrected chi connectivity index (χ1v) is 10.7. The van der Waals surface area contributed by atoms with E-state index < -0.39 is 29.5 Å². The SMILES string of the molecule is Cc1ccc2c(c1)[C@@]1([NH2+][C@@H]([C@@H](C)O)[C@H]3C(=O)N(CCc4ccccc4)C(=O)[C@H]31)C(=O)N2. The van der Waals surface area contributed by atoms with E-state index >= 15 is 0 Å². The van der Waals surface area contributed by atoms with Gasteiger partial charge in [0.2, 0.25) is 17.4 Å². The van der Waals surface area contributed by atoms with Crippen LogP contribution in [0.4, 0.5) is 5.69 Å². The van der Waals surface area contributed by atoms with Crippen LogP contribution in [-0.2, 0) is 26.3 Å². The standard InChI is InChI=1S/C24H25N3O4/c1-13-8-9-17-16(12-13)24(23(31)25-17)19-18(20(26-24)14(2)28)21(29)27(22(19)30)11-10-15-6-4-3-5-7-15/h3-9,12,14,18-20,26,28H,10-11H2,1-2H3,(H,25,31)/p+1/t14-,18+,19+,20+,24+/m1/s1. The third-order valence-electron chi connectivity index (χ3n) is 7.07. The van der Waals surface area contributed by atoms with Crippen molar-refractivity contribution in [2.24, 2.45) is 11.8 Å². The van der Waals surface area contributed by atoms with Gasteiger partial charge in [-0.2, -0.15) is 0 Å². The van der Waals surface area contributed by atoms with Gasteiger partial charge in [-0.25, -0.2) is 0 Å². The van der Waals surface area contributed by atoms with Crippen molar-refractivity contribution in [2.45, 2.75) is 38.0 Å². The van der Waals surface area contributed by atoms with Crippen molar-refractivity contribution >= 4 is 23.4 Å². The van der Waals surface area contributed by atoms with E-state index in [2.05, 4.69) is 5.32 Å². The average molecular weight is 420 g/mol. The number of aliphatic hydroxyl groups is 1. The predicted octanol–water partition coefficient (Wildman–Crippen LogP) is 0.313. The highest BCUT2D eigenvalue weighted by Gasteiger charge is 2.74. The maximum atomic E-state index is 13.6. The minimum Gasteiger partial charge on any atom is -0.387 e. The van der Waals surface area contributed by atoms with Crippen molar-refractivity contribution in [2.75, 3.05) is 11.9 Å². The number of amides is 3. The van der Waals surface area contributed by atoms with E-state index in [1.165, 1.54) is 4.90 Å². The van der Waals surface area contributed by atoms with Crippen molar-refractivity contribution < 1.29 is 24.8 Å². The molecular weight excluding hydrogens is 394 g/mol. The third-order valence-corrected chi connectivity index (χ3v) is 7.07. The van der Waals surface area contributed by atoms with E-state index in [0.717, 1.165) is 16.7 Å². The zero-order valence-corrected chi connectivity index (χ0v) is 17.5. The lowest BCUT2D eigenvalue weighted by Gasteiger charge is -2.27. The second-order valence-electron chi connectivity index (χ2n) is 8.92. The van der Waals surface area contributed by atoms with Crippen molar-refractivity contribution in [1.29, 1.82) is 0 Å². The second-order valence-corrected chi connectivity index (χ2v) is 8.92. The van der Waals surface area contributed by atoms with Gasteiger partial charge in [-0.1, -0.05) is 42.0 Å². The van der Waals surface area contributed by atoms with Gasteiger partial charge in [-0.3, -0.25) is 19.3 Å². The summed E-state index contributed by atoms with van der Waals surface area (Å²) in [5.41, 5.74) is 2.16. The zero-order valence-electron chi connectivity index (χ0n) is 17.5. The maximum absolute atomic E-state index is 13.6. The number of hydrogen-bond acceptors (Lipinski definition) is 4. The number of nitrogens with one attached hydrogen (secondary N) is 1. The van der Waals surface area contributed by atoms with Gasteiger partial charge in [0.1, 0.15) is 24.0 Å². The molecular formula is C24H26N3O4+. The molecule has 0 bridgehead atoms. The summed E-state index contributed by atoms with van der Waals surface area (Å²) in [4.78, 5) is 41.6. The number of carbonyl (C=O) groups is 3. The molecule has 0 aliphatic carbocycles. The molecule has 1 spiro atoms. The average Bonchev–Trinajstić information content (AvgIpc) is 3.33. The molecule has 160 valence electrons. The number of quaternary nitrogens is 1. The van der Waals surface area contributed by atoms with Crippen LogP contribution in [0.15, 0.2) is 48.5 Å². The van der Waals surface area contributed by atoms with Gasteiger partial charge in [0.25, 0.3) is 5.91 Å². The fourth-order valence-corrected chi connectivity index (χ4v) is 5.61. The number of imide groups is 1. The van der Waals surface area contributed by atoms with Crippen molar-refractivity contribution in [3.05, 3.63) is 65.2 Å². The molecule has 3 aliphatic heterocycles. The molecule has 2 aromatic carbocycles. The van der Waals surface area contributed by atoms with E-state index in [9.17, 15) is 19.5 Å². The number of rotatable bonds is 4. The van der Waals surface area contributed by atoms with Crippen LogP contribution in [0, 0.1) is 18.8 Å². The van der Waals surface area contributed by atoms with E-state index in [-0.39, 0.29) is 24.3 Å². The van der Waals surface area contributed by atoms with Crippen molar-refractivity contribution in [3.63, 3.8) is 0 Å². The van der Waals surface area contributed by atoms with Gasteiger partial charge < -0.3 is 15.7 Å². The number of nitrogens with two attached hydrogens (primary N) is 1. The Morgan fingerprint density at radius 2 is 1.87 bits per heavy atom. The van der Waals surface area contributed by atoms with Crippen LogP contribution in [-0.4, -0.2) is 46.4 Å². The highest BCUT2D eigenvalue weighted by Crippen LogP contribution is 2.49. The summed E-state index contributed by atoms with van der Waals surface area (Å²) in [6.45, 7) is 3.81. The fraction of sp³-hybridized carbons (Fsp3) is 0.375. The Kier molecular flexibility index (Phi) is 4.50. The number of nitrogens with zero attached hydrogens (tertiary/aromatic N) is 1. The number of hydrogen-bond donors (Lipinski definition) is 3. The summed E-state index contributed by atoms with van der Waals surface area (Å²) < 4.78 is 0. The number of fused-ring (bicyclic) bond motifs is 4. The van der Waals surface area contributed by atoms with Crippen LogP contribution in [0.1, 0.15) is 23.6 Å². The summed E-state index contributed by atoms with van der Waals surface area (Å²) in [6.07, 6.45) is -0.297. The van der Waals surface area contributed by atoms with E-state index in [1.54, 1.807) is 12.2 Å². The smallest absolute Gasteiger partial charge is 0.291 e. The third kappa shape index (κ3) is 2.77. The molecule has 2 fully saturated rings. The lowest BCUT2D eigenvalue weighted by Crippen LogP contribution is -3.00. The Bertz CT molecular complexity index is 1080. The molecule has 2 aromatic rings. The highest BCUT2D eigenvalue weighted by molar-refractivity contribution is 6.13. The molecule has 2 saturated heterocycles. The number of anilines is 1. The number of likely N-dealkylation sites (tertiary alicyclic amines) is 1. The second kappa shape index (κ2) is 7.00. The Balaban J connectivity index is 1.55. The fourth-order valence-electron chi connectivity index (χ4n) is 5.61. The van der Waals surface area contributed by atoms with Crippen LogP contribution in [0.2, 0.25) is 0 Å². The summed E-state index contributed by atoms with van der Waals surface area (Å²) in [5, 5.41) is 15.2. The van der Waals surface area contributed by atoms with Crippen LogP contribution >= 0.6 is 0 Å². The van der Waals surface area contributed by atoms with E-state index in [0.29, 0.717) is 12.1 Å². The molecule has 5 atom stereocenters. The van der Waals surface area contributed by atoms with E-state index in [1.807, 2.05) is 55.5 Å². The lowest BCUT2D eigenvalue weighted by molar-refractivity contribution is -0.738. The number of carbonyl (C=O) groups excluding carboxylic acids is 3. The first-order chi connectivity index (χ1) is 14.8. The highest BCUT2D eigenvalue weighted by atomic mass is 16.3. The molecule has 0 radical (unpaired) electrons. The quantitative estimate of drug-likeness (QED) is 0.620. The Morgan fingerprint density at radius 1 is 1.13 bits per heavy atom. The number of aryl methyl sites for hydroxylation is 1. The molecule has 3 aliphatic rings.